The number of nitrogens with zero attached hydrogens (tertiary/aromatic N) is 1. The molecule has 17 heavy (non-hydrogen) atoms. The number of thiophene rings is 1. The summed E-state index contributed by atoms with van der Waals surface area (Å²) in [5, 5.41) is 12.7. The monoisotopic (exact) mass is 276 g/mol. The van der Waals surface area contributed by atoms with Crippen LogP contribution in [0.5, 0.6) is 0 Å². The molecule has 1 aromatic heterocycles. The van der Waals surface area contributed by atoms with Gasteiger partial charge in [0, 0.05) is 25.1 Å². The molecule has 0 radical (unpaired) electrons. The van der Waals surface area contributed by atoms with Gasteiger partial charge in [0.05, 0.1) is 5.69 Å². The summed E-state index contributed by atoms with van der Waals surface area (Å²) < 4.78 is 28.1. The standard InChI is InChI=1S/C10H16N2O3S2/c13-7-9-2-1-4-12(6-9)17(14,15)11-10-3-5-16-8-10/h3,5,8-9,11,13H,1-2,4,6-7H2. The molecule has 1 aromatic rings. The summed E-state index contributed by atoms with van der Waals surface area (Å²) in [7, 11) is -3.47. The minimum atomic E-state index is -3.47. The first kappa shape index (κ1) is 12.8. The van der Waals surface area contributed by atoms with Gasteiger partial charge >= 0.3 is 10.2 Å². The zero-order chi connectivity index (χ0) is 12.3. The summed E-state index contributed by atoms with van der Waals surface area (Å²) in [6.45, 7) is 0.969. The summed E-state index contributed by atoms with van der Waals surface area (Å²) in [5.74, 6) is 0.0581. The van der Waals surface area contributed by atoms with Crippen molar-refractivity contribution in [3.8, 4) is 0 Å². The van der Waals surface area contributed by atoms with Crippen molar-refractivity contribution in [1.82, 2.24) is 4.31 Å². The highest BCUT2D eigenvalue weighted by molar-refractivity contribution is 7.90. The lowest BCUT2D eigenvalue weighted by Crippen LogP contribution is -2.43. The number of aliphatic hydroxyl groups is 1. The van der Waals surface area contributed by atoms with Crippen LogP contribution >= 0.6 is 11.3 Å². The van der Waals surface area contributed by atoms with Gasteiger partial charge in [0.2, 0.25) is 0 Å². The molecule has 1 saturated heterocycles. The van der Waals surface area contributed by atoms with E-state index in [1.807, 2.05) is 5.38 Å². The van der Waals surface area contributed by atoms with Crippen LogP contribution in [0.4, 0.5) is 5.69 Å². The normalized spacial score (nSPS) is 22.5. The summed E-state index contributed by atoms with van der Waals surface area (Å²) in [6, 6.07) is 1.73. The zero-order valence-electron chi connectivity index (χ0n) is 9.37. The second-order valence-electron chi connectivity index (χ2n) is 4.17. The Bertz CT molecular complexity index is 444. The quantitative estimate of drug-likeness (QED) is 0.865. The molecule has 0 aliphatic carbocycles. The van der Waals surface area contributed by atoms with Gasteiger partial charge in [-0.3, -0.25) is 4.72 Å². The van der Waals surface area contributed by atoms with Crippen LogP contribution in [0.1, 0.15) is 12.8 Å². The second-order valence-corrected chi connectivity index (χ2v) is 6.62. The minimum Gasteiger partial charge on any atom is -0.396 e. The SMILES string of the molecule is O=S(=O)(Nc1ccsc1)N1CCCC(CO)C1. The number of rotatable bonds is 4. The first-order valence-corrected chi connectivity index (χ1v) is 7.91. The molecule has 0 aromatic carbocycles. The van der Waals surface area contributed by atoms with Gasteiger partial charge in [-0.25, -0.2) is 0 Å². The van der Waals surface area contributed by atoms with Crippen molar-refractivity contribution in [2.75, 3.05) is 24.4 Å². The van der Waals surface area contributed by atoms with E-state index < -0.39 is 10.2 Å². The van der Waals surface area contributed by atoms with Gasteiger partial charge in [0.15, 0.2) is 0 Å². The number of hydrogen-bond acceptors (Lipinski definition) is 4. The van der Waals surface area contributed by atoms with Gasteiger partial charge in [0.1, 0.15) is 0 Å². The van der Waals surface area contributed by atoms with Crippen LogP contribution in [0.15, 0.2) is 16.8 Å². The first-order valence-electron chi connectivity index (χ1n) is 5.53. The largest absolute Gasteiger partial charge is 0.396 e. The third-order valence-corrected chi connectivity index (χ3v) is 5.04. The maximum Gasteiger partial charge on any atom is 0.301 e. The summed E-state index contributed by atoms with van der Waals surface area (Å²) >= 11 is 1.45. The fourth-order valence-electron chi connectivity index (χ4n) is 1.93. The number of anilines is 1. The molecule has 2 heterocycles. The molecule has 96 valence electrons. The molecule has 1 aliphatic heterocycles. The molecule has 2 N–H and O–H groups in total. The van der Waals surface area contributed by atoms with Gasteiger partial charge in [-0.2, -0.15) is 24.1 Å². The molecular formula is C10H16N2O3S2. The lowest BCUT2D eigenvalue weighted by molar-refractivity contribution is 0.166. The van der Waals surface area contributed by atoms with Crippen LogP contribution in [-0.4, -0.2) is 37.5 Å². The molecule has 0 spiro atoms. The summed E-state index contributed by atoms with van der Waals surface area (Å²) in [4.78, 5) is 0. The lowest BCUT2D eigenvalue weighted by Gasteiger charge is -2.30. The van der Waals surface area contributed by atoms with Gasteiger partial charge in [-0.15, -0.1) is 0 Å². The fourth-order valence-corrected chi connectivity index (χ4v) is 3.92. The first-order chi connectivity index (χ1) is 8.12. The predicted molar refractivity (Wildman–Crippen MR) is 68.2 cm³/mol. The Labute approximate surface area is 105 Å². The highest BCUT2D eigenvalue weighted by Gasteiger charge is 2.28. The Morgan fingerprint density at radius 1 is 1.59 bits per heavy atom. The number of aliphatic hydroxyl groups excluding tert-OH is 1. The molecule has 5 nitrogen and oxygen atoms in total. The maximum absolute atomic E-state index is 12.1. The van der Waals surface area contributed by atoms with Crippen molar-refractivity contribution in [2.24, 2.45) is 5.92 Å². The van der Waals surface area contributed by atoms with Gasteiger partial charge in [0.25, 0.3) is 0 Å². The Morgan fingerprint density at radius 2 is 2.41 bits per heavy atom. The van der Waals surface area contributed by atoms with E-state index in [0.29, 0.717) is 18.8 Å². The lowest BCUT2D eigenvalue weighted by atomic mass is 10.0. The average molecular weight is 276 g/mol. The van der Waals surface area contributed by atoms with Crippen molar-refractivity contribution in [1.29, 1.82) is 0 Å². The summed E-state index contributed by atoms with van der Waals surface area (Å²) in [5.41, 5.74) is 0.598. The third kappa shape index (κ3) is 3.19. The highest BCUT2D eigenvalue weighted by Crippen LogP contribution is 2.21. The van der Waals surface area contributed by atoms with Crippen LogP contribution in [0.25, 0.3) is 0 Å². The topological polar surface area (TPSA) is 69.6 Å². The fraction of sp³-hybridized carbons (Fsp3) is 0.600. The van der Waals surface area contributed by atoms with Gasteiger partial charge < -0.3 is 5.11 Å². The zero-order valence-corrected chi connectivity index (χ0v) is 11.0. The van der Waals surface area contributed by atoms with E-state index in [4.69, 9.17) is 5.11 Å². The maximum atomic E-state index is 12.1. The molecule has 7 heteroatoms. The van der Waals surface area contributed by atoms with Gasteiger partial charge in [-0.05, 0) is 30.2 Å². The second kappa shape index (κ2) is 5.34. The van der Waals surface area contributed by atoms with E-state index in [1.165, 1.54) is 15.6 Å². The van der Waals surface area contributed by atoms with Crippen molar-refractivity contribution in [3.63, 3.8) is 0 Å². The number of piperidine rings is 1. The minimum absolute atomic E-state index is 0.0461. The Kier molecular flexibility index (Phi) is 4.03. The molecule has 1 atom stereocenters. The van der Waals surface area contributed by atoms with Crippen LogP contribution < -0.4 is 4.72 Å². The average Bonchev–Trinajstić information content (AvgIpc) is 2.81. The van der Waals surface area contributed by atoms with Crippen LogP contribution in [0.3, 0.4) is 0 Å². The molecule has 2 rings (SSSR count). The molecule has 0 saturated carbocycles. The van der Waals surface area contributed by atoms with E-state index >= 15 is 0 Å². The number of hydrogen-bond donors (Lipinski definition) is 2. The summed E-state index contributed by atoms with van der Waals surface area (Å²) in [6.07, 6.45) is 1.69. The van der Waals surface area contributed by atoms with Crippen molar-refractivity contribution < 1.29 is 13.5 Å². The Balaban J connectivity index is 2.04. The molecule has 0 amide bonds. The predicted octanol–water partition coefficient (Wildman–Crippen LogP) is 1.11. The number of nitrogens with one attached hydrogen (secondary N) is 1. The molecule has 0 bridgehead atoms. The van der Waals surface area contributed by atoms with E-state index in [0.717, 1.165) is 12.8 Å². The van der Waals surface area contributed by atoms with Crippen molar-refractivity contribution in [2.45, 2.75) is 12.8 Å². The smallest absolute Gasteiger partial charge is 0.301 e. The van der Waals surface area contributed by atoms with Gasteiger partial charge in [-0.1, -0.05) is 0 Å². The molecule has 1 unspecified atom stereocenters. The Morgan fingerprint density at radius 3 is 3.06 bits per heavy atom. The van der Waals surface area contributed by atoms with E-state index in [1.54, 1.807) is 11.4 Å². The van der Waals surface area contributed by atoms with Crippen molar-refractivity contribution >= 4 is 27.2 Å². The van der Waals surface area contributed by atoms with Crippen LogP contribution in [0.2, 0.25) is 0 Å². The molecule has 1 aliphatic rings. The van der Waals surface area contributed by atoms with E-state index in [2.05, 4.69) is 4.72 Å². The molecule has 1 fully saturated rings. The van der Waals surface area contributed by atoms with Crippen LogP contribution in [-0.2, 0) is 10.2 Å². The van der Waals surface area contributed by atoms with Crippen molar-refractivity contribution in [3.05, 3.63) is 16.8 Å². The highest BCUT2D eigenvalue weighted by atomic mass is 32.2. The van der Waals surface area contributed by atoms with E-state index in [-0.39, 0.29) is 12.5 Å². The van der Waals surface area contributed by atoms with Crippen LogP contribution in [0, 0.1) is 5.92 Å². The third-order valence-electron chi connectivity index (χ3n) is 2.85. The van der Waals surface area contributed by atoms with E-state index in [9.17, 15) is 8.42 Å². The molecular weight excluding hydrogens is 260 g/mol. The Hall–Kier alpha value is -0.630.